The Morgan fingerprint density at radius 2 is 2.00 bits per heavy atom. The van der Waals surface area contributed by atoms with E-state index in [1.54, 1.807) is 7.11 Å². The molecule has 0 aromatic rings. The molecule has 1 aliphatic rings. The van der Waals surface area contributed by atoms with Crippen LogP contribution in [0.4, 0.5) is 0 Å². The first-order valence-electron chi connectivity index (χ1n) is 6.55. The van der Waals surface area contributed by atoms with Crippen LogP contribution in [0, 0.1) is 0 Å². The fourth-order valence-electron chi connectivity index (χ4n) is 2.43. The molecule has 0 bridgehead atoms. The van der Waals surface area contributed by atoms with Crippen molar-refractivity contribution >= 4 is 0 Å². The Morgan fingerprint density at radius 1 is 1.41 bits per heavy atom. The van der Waals surface area contributed by atoms with E-state index in [2.05, 4.69) is 25.8 Å². The molecule has 4 heteroatoms. The van der Waals surface area contributed by atoms with Crippen molar-refractivity contribution in [1.29, 1.82) is 0 Å². The first-order valence-corrected chi connectivity index (χ1v) is 6.55. The zero-order valence-electron chi connectivity index (χ0n) is 11.7. The second kappa shape index (κ2) is 6.69. The second-order valence-corrected chi connectivity index (χ2v) is 5.57. The number of ether oxygens (including phenoxy) is 2. The Balaban J connectivity index is 2.53. The third kappa shape index (κ3) is 4.54. The van der Waals surface area contributed by atoms with Crippen LogP contribution in [0.3, 0.4) is 0 Å². The Kier molecular flexibility index (Phi) is 5.86. The summed E-state index contributed by atoms with van der Waals surface area (Å²) in [6.45, 7) is 6.67. The number of nitrogens with two attached hydrogens (primary N) is 1. The summed E-state index contributed by atoms with van der Waals surface area (Å²) >= 11 is 0. The third-order valence-corrected chi connectivity index (χ3v) is 3.89. The van der Waals surface area contributed by atoms with Crippen LogP contribution in [0.5, 0.6) is 0 Å². The van der Waals surface area contributed by atoms with Crippen molar-refractivity contribution in [3.63, 3.8) is 0 Å². The summed E-state index contributed by atoms with van der Waals surface area (Å²) in [7, 11) is 3.95. The maximum atomic E-state index is 5.91. The van der Waals surface area contributed by atoms with Gasteiger partial charge in [0.1, 0.15) is 0 Å². The van der Waals surface area contributed by atoms with Crippen LogP contribution in [0.15, 0.2) is 0 Å². The SMILES string of the molecule is COC(C)(C)CC(CN)N(C)C1CCOCC1. The van der Waals surface area contributed by atoms with Gasteiger partial charge in [0, 0.05) is 39.0 Å². The first-order chi connectivity index (χ1) is 8.00. The van der Waals surface area contributed by atoms with Crippen LogP contribution in [0.25, 0.3) is 0 Å². The first kappa shape index (κ1) is 14.9. The third-order valence-electron chi connectivity index (χ3n) is 3.89. The molecule has 102 valence electrons. The van der Waals surface area contributed by atoms with Crippen molar-refractivity contribution in [3.05, 3.63) is 0 Å². The van der Waals surface area contributed by atoms with Crippen molar-refractivity contribution in [2.24, 2.45) is 5.73 Å². The fourth-order valence-corrected chi connectivity index (χ4v) is 2.43. The Morgan fingerprint density at radius 3 is 2.47 bits per heavy atom. The zero-order valence-corrected chi connectivity index (χ0v) is 11.7. The van der Waals surface area contributed by atoms with Gasteiger partial charge >= 0.3 is 0 Å². The highest BCUT2D eigenvalue weighted by atomic mass is 16.5. The number of hydrogen-bond donors (Lipinski definition) is 1. The Bertz CT molecular complexity index is 215. The van der Waals surface area contributed by atoms with Crippen LogP contribution in [0.1, 0.15) is 33.1 Å². The maximum Gasteiger partial charge on any atom is 0.0638 e. The summed E-state index contributed by atoms with van der Waals surface area (Å²) < 4.78 is 10.9. The normalized spacial score (nSPS) is 20.8. The van der Waals surface area contributed by atoms with Crippen molar-refractivity contribution < 1.29 is 9.47 Å². The number of likely N-dealkylation sites (N-methyl/N-ethyl adjacent to an activating group) is 1. The summed E-state index contributed by atoms with van der Waals surface area (Å²) in [5.74, 6) is 0. The molecule has 0 saturated carbocycles. The molecule has 0 aliphatic carbocycles. The minimum absolute atomic E-state index is 0.108. The van der Waals surface area contributed by atoms with Crippen LogP contribution >= 0.6 is 0 Å². The highest BCUT2D eigenvalue weighted by Gasteiger charge is 2.29. The van der Waals surface area contributed by atoms with Gasteiger partial charge in [-0.1, -0.05) is 0 Å². The standard InChI is InChI=1S/C13H28N2O2/c1-13(2,16-4)9-12(10-14)15(3)11-5-7-17-8-6-11/h11-12H,5-10,14H2,1-4H3. The van der Waals surface area contributed by atoms with Gasteiger partial charge in [-0.05, 0) is 40.2 Å². The molecule has 1 unspecified atom stereocenters. The van der Waals surface area contributed by atoms with Crippen LogP contribution in [-0.2, 0) is 9.47 Å². The lowest BCUT2D eigenvalue weighted by Gasteiger charge is -2.39. The summed E-state index contributed by atoms with van der Waals surface area (Å²) in [4.78, 5) is 2.42. The van der Waals surface area contributed by atoms with Crippen molar-refractivity contribution in [3.8, 4) is 0 Å². The molecular weight excluding hydrogens is 216 g/mol. The second-order valence-electron chi connectivity index (χ2n) is 5.57. The van der Waals surface area contributed by atoms with Crippen LogP contribution in [-0.4, -0.2) is 56.5 Å². The van der Waals surface area contributed by atoms with E-state index in [1.807, 2.05) is 0 Å². The minimum Gasteiger partial charge on any atom is -0.381 e. The van der Waals surface area contributed by atoms with Gasteiger partial charge in [0.15, 0.2) is 0 Å². The molecule has 1 rings (SSSR count). The molecule has 1 fully saturated rings. The molecule has 1 atom stereocenters. The molecule has 0 amide bonds. The predicted molar refractivity (Wildman–Crippen MR) is 70.2 cm³/mol. The van der Waals surface area contributed by atoms with E-state index >= 15 is 0 Å². The van der Waals surface area contributed by atoms with Crippen molar-refractivity contribution in [2.45, 2.75) is 50.8 Å². The van der Waals surface area contributed by atoms with E-state index < -0.39 is 0 Å². The lowest BCUT2D eigenvalue weighted by atomic mass is 9.95. The average Bonchev–Trinajstić information content (AvgIpc) is 2.36. The van der Waals surface area contributed by atoms with E-state index in [0.717, 1.165) is 32.5 Å². The summed E-state index contributed by atoms with van der Waals surface area (Å²) in [6, 6.07) is 0.984. The topological polar surface area (TPSA) is 47.7 Å². The van der Waals surface area contributed by atoms with Gasteiger partial charge in [-0.3, -0.25) is 4.90 Å². The monoisotopic (exact) mass is 244 g/mol. The highest BCUT2D eigenvalue weighted by Crippen LogP contribution is 2.22. The molecule has 0 aromatic carbocycles. The lowest BCUT2D eigenvalue weighted by Crippen LogP contribution is -2.49. The fraction of sp³-hybridized carbons (Fsp3) is 1.00. The zero-order chi connectivity index (χ0) is 12.9. The van der Waals surface area contributed by atoms with Crippen LogP contribution in [0.2, 0.25) is 0 Å². The van der Waals surface area contributed by atoms with Gasteiger partial charge in [-0.2, -0.15) is 0 Å². The smallest absolute Gasteiger partial charge is 0.0638 e. The van der Waals surface area contributed by atoms with Gasteiger partial charge in [0.25, 0.3) is 0 Å². The minimum atomic E-state index is -0.108. The van der Waals surface area contributed by atoms with Crippen LogP contribution < -0.4 is 5.73 Å². The molecule has 0 radical (unpaired) electrons. The summed E-state index contributed by atoms with van der Waals surface area (Å²) in [5, 5.41) is 0. The molecule has 17 heavy (non-hydrogen) atoms. The van der Waals surface area contributed by atoms with E-state index in [1.165, 1.54) is 0 Å². The summed E-state index contributed by atoms with van der Waals surface area (Å²) in [6.07, 6.45) is 3.19. The largest absolute Gasteiger partial charge is 0.381 e. The van der Waals surface area contributed by atoms with E-state index in [9.17, 15) is 0 Å². The number of nitrogens with zero attached hydrogens (tertiary/aromatic N) is 1. The van der Waals surface area contributed by atoms with Crippen molar-refractivity contribution in [1.82, 2.24) is 4.90 Å². The van der Waals surface area contributed by atoms with Gasteiger partial charge in [0.05, 0.1) is 5.60 Å². The molecule has 0 aromatic heterocycles. The molecule has 1 heterocycles. The number of methoxy groups -OCH3 is 1. The molecule has 1 saturated heterocycles. The Labute approximate surface area is 105 Å². The van der Waals surface area contributed by atoms with Gasteiger partial charge in [0.2, 0.25) is 0 Å². The quantitative estimate of drug-likeness (QED) is 0.763. The molecule has 4 nitrogen and oxygen atoms in total. The average molecular weight is 244 g/mol. The number of rotatable bonds is 6. The van der Waals surface area contributed by atoms with Gasteiger partial charge in [-0.15, -0.1) is 0 Å². The summed E-state index contributed by atoms with van der Waals surface area (Å²) in [5.41, 5.74) is 5.81. The molecule has 2 N–H and O–H groups in total. The van der Waals surface area contributed by atoms with Crippen molar-refractivity contribution in [2.75, 3.05) is 33.9 Å². The lowest BCUT2D eigenvalue weighted by molar-refractivity contribution is -0.0222. The van der Waals surface area contributed by atoms with Gasteiger partial charge in [-0.25, -0.2) is 0 Å². The molecule has 0 spiro atoms. The molecular formula is C13H28N2O2. The number of hydrogen-bond acceptors (Lipinski definition) is 4. The van der Waals surface area contributed by atoms with E-state index in [-0.39, 0.29) is 5.60 Å². The van der Waals surface area contributed by atoms with E-state index in [0.29, 0.717) is 18.6 Å². The van der Waals surface area contributed by atoms with E-state index in [4.69, 9.17) is 15.2 Å². The van der Waals surface area contributed by atoms with Gasteiger partial charge < -0.3 is 15.2 Å². The maximum absolute atomic E-state index is 5.91. The molecule has 1 aliphatic heterocycles. The predicted octanol–water partition coefficient (Wildman–Crippen LogP) is 1.24. The highest BCUT2D eigenvalue weighted by molar-refractivity contribution is 4.84. The Hall–Kier alpha value is -0.160.